The molecule has 2 heteroatoms. The first kappa shape index (κ1) is 34.8. The molecule has 0 saturated carbocycles. The van der Waals surface area contributed by atoms with Crippen LogP contribution in [-0.2, 0) is 10.8 Å². The Morgan fingerprint density at radius 3 is 1.82 bits per heavy atom. The SMILES string of the molecule is C.CC1(C)c2ccccc2-c2c(N(c3cccc(-c4cccc5c4C(C)(C)c4ccccc4-5)c3)c3ccccc3-c3ccc4oc5ccccc5c4c3)cccc21. The zero-order chi connectivity index (χ0) is 37.8. The molecule has 2 aliphatic rings. The van der Waals surface area contributed by atoms with Crippen LogP contribution in [0.5, 0.6) is 0 Å². The van der Waals surface area contributed by atoms with Gasteiger partial charge in [-0.15, -0.1) is 0 Å². The van der Waals surface area contributed by atoms with Gasteiger partial charge in [-0.25, -0.2) is 0 Å². The molecule has 0 atom stereocenters. The molecule has 1 aromatic heterocycles. The molecule has 9 aromatic rings. The standard InChI is InChI=1S/C54H41NO.CH4/c1-53(2)45-25-10-6-21-42(45)51-46(53)26-15-28-48(51)55(47-27-11-7-18-37(47)35-30-31-50-43(33-35)40-20-8-12-29-49(40)56-50)36-17-13-16-34(32-36)38-22-14-23-41-39-19-5-9-24-44(39)54(3,4)52(38)41;/h5-33H,1-4H3;1H4. The number of nitrogens with zero attached hydrogens (tertiary/aromatic N) is 1. The van der Waals surface area contributed by atoms with Gasteiger partial charge in [0.2, 0.25) is 0 Å². The fourth-order valence-corrected chi connectivity index (χ4v) is 10.0. The summed E-state index contributed by atoms with van der Waals surface area (Å²) in [7, 11) is 0. The molecule has 2 nitrogen and oxygen atoms in total. The highest BCUT2D eigenvalue weighted by Crippen LogP contribution is 2.56. The molecule has 0 saturated heterocycles. The molecule has 0 N–H and O–H groups in total. The summed E-state index contributed by atoms with van der Waals surface area (Å²) in [6, 6.07) is 64.6. The van der Waals surface area contributed by atoms with Crippen molar-refractivity contribution in [1.29, 1.82) is 0 Å². The highest BCUT2D eigenvalue weighted by atomic mass is 16.3. The second-order valence-electron chi connectivity index (χ2n) is 16.5. The first-order valence-corrected chi connectivity index (χ1v) is 19.7. The van der Waals surface area contributed by atoms with Gasteiger partial charge in [0.25, 0.3) is 0 Å². The maximum atomic E-state index is 6.27. The van der Waals surface area contributed by atoms with Crippen molar-refractivity contribution >= 4 is 39.0 Å². The van der Waals surface area contributed by atoms with E-state index >= 15 is 0 Å². The predicted octanol–water partition coefficient (Wildman–Crippen LogP) is 15.6. The summed E-state index contributed by atoms with van der Waals surface area (Å²) in [6.07, 6.45) is 0. The minimum atomic E-state index is -0.131. The molecule has 1 heterocycles. The summed E-state index contributed by atoms with van der Waals surface area (Å²) in [5.41, 5.74) is 20.5. The van der Waals surface area contributed by atoms with Crippen LogP contribution in [0.15, 0.2) is 180 Å². The number of furan rings is 1. The number of benzene rings is 8. The third kappa shape index (κ3) is 5.03. The van der Waals surface area contributed by atoms with Gasteiger partial charge in [-0.05, 0) is 98.1 Å². The van der Waals surface area contributed by atoms with Crippen LogP contribution in [0.25, 0.3) is 66.4 Å². The maximum absolute atomic E-state index is 6.27. The fourth-order valence-electron chi connectivity index (χ4n) is 10.0. The number of hydrogen-bond donors (Lipinski definition) is 0. The lowest BCUT2D eigenvalue weighted by atomic mass is 9.79. The van der Waals surface area contributed by atoms with Crippen molar-refractivity contribution in [2.75, 3.05) is 4.90 Å². The van der Waals surface area contributed by atoms with Crippen molar-refractivity contribution in [2.24, 2.45) is 0 Å². The van der Waals surface area contributed by atoms with Gasteiger partial charge < -0.3 is 9.32 Å². The Kier molecular flexibility index (Phi) is 7.76. The van der Waals surface area contributed by atoms with Crippen molar-refractivity contribution in [1.82, 2.24) is 0 Å². The Morgan fingerprint density at radius 1 is 0.404 bits per heavy atom. The summed E-state index contributed by atoms with van der Waals surface area (Å²) in [5, 5.41) is 2.26. The minimum absolute atomic E-state index is 0. The molecule has 0 fully saturated rings. The molecular formula is C55H45NO. The van der Waals surface area contributed by atoms with Crippen molar-refractivity contribution in [3.05, 3.63) is 198 Å². The lowest BCUT2D eigenvalue weighted by molar-refractivity contribution is 0.660. The topological polar surface area (TPSA) is 16.4 Å². The van der Waals surface area contributed by atoms with Crippen LogP contribution in [-0.4, -0.2) is 0 Å². The smallest absolute Gasteiger partial charge is 0.135 e. The lowest BCUT2D eigenvalue weighted by Gasteiger charge is -2.31. The van der Waals surface area contributed by atoms with Gasteiger partial charge >= 0.3 is 0 Å². The van der Waals surface area contributed by atoms with E-state index in [-0.39, 0.29) is 18.3 Å². The molecule has 0 aliphatic heterocycles. The maximum Gasteiger partial charge on any atom is 0.135 e. The zero-order valence-corrected chi connectivity index (χ0v) is 32.1. The van der Waals surface area contributed by atoms with Crippen LogP contribution in [0.3, 0.4) is 0 Å². The summed E-state index contributed by atoms with van der Waals surface area (Å²) < 4.78 is 6.27. The second kappa shape index (κ2) is 12.7. The minimum Gasteiger partial charge on any atom is -0.456 e. The Morgan fingerprint density at radius 2 is 0.982 bits per heavy atom. The Labute approximate surface area is 335 Å². The summed E-state index contributed by atoms with van der Waals surface area (Å²) in [6.45, 7) is 9.47. The van der Waals surface area contributed by atoms with E-state index in [0.29, 0.717) is 0 Å². The quantitative estimate of drug-likeness (QED) is 0.175. The molecule has 57 heavy (non-hydrogen) atoms. The van der Waals surface area contributed by atoms with E-state index in [9.17, 15) is 0 Å². The van der Waals surface area contributed by atoms with Crippen LogP contribution >= 0.6 is 0 Å². The normalized spacial score (nSPS) is 14.1. The number of anilines is 3. The molecule has 0 amide bonds. The van der Waals surface area contributed by atoms with Gasteiger partial charge in [-0.2, -0.15) is 0 Å². The molecule has 2 aliphatic carbocycles. The highest BCUT2D eigenvalue weighted by Gasteiger charge is 2.39. The Balaban J connectivity index is 0.00000396. The summed E-state index contributed by atoms with van der Waals surface area (Å²) >= 11 is 0. The molecule has 0 unspecified atom stereocenters. The van der Waals surface area contributed by atoms with E-state index in [1.54, 1.807) is 0 Å². The fraction of sp³-hybridized carbons (Fsp3) is 0.127. The second-order valence-corrected chi connectivity index (χ2v) is 16.5. The number of hydrogen-bond acceptors (Lipinski definition) is 2. The number of fused-ring (bicyclic) bond motifs is 9. The monoisotopic (exact) mass is 735 g/mol. The summed E-state index contributed by atoms with van der Waals surface area (Å²) in [5.74, 6) is 0. The van der Waals surface area contributed by atoms with E-state index in [1.807, 2.05) is 6.07 Å². The molecular weight excluding hydrogens is 691 g/mol. The molecule has 0 bridgehead atoms. The molecule has 0 radical (unpaired) electrons. The van der Waals surface area contributed by atoms with Crippen molar-refractivity contribution in [2.45, 2.75) is 46.0 Å². The average Bonchev–Trinajstić information content (AvgIpc) is 3.81. The van der Waals surface area contributed by atoms with E-state index in [2.05, 4.69) is 202 Å². The van der Waals surface area contributed by atoms with Crippen LogP contribution < -0.4 is 4.90 Å². The van der Waals surface area contributed by atoms with Crippen LogP contribution in [0.4, 0.5) is 17.1 Å². The van der Waals surface area contributed by atoms with Gasteiger partial charge in [-0.3, -0.25) is 0 Å². The van der Waals surface area contributed by atoms with Crippen molar-refractivity contribution in [3.63, 3.8) is 0 Å². The Bertz CT molecular complexity index is 3050. The van der Waals surface area contributed by atoms with E-state index < -0.39 is 0 Å². The highest BCUT2D eigenvalue weighted by molar-refractivity contribution is 6.07. The molecule has 0 spiro atoms. The third-order valence-corrected chi connectivity index (χ3v) is 12.7. The third-order valence-electron chi connectivity index (χ3n) is 12.7. The molecule has 8 aromatic carbocycles. The average molecular weight is 736 g/mol. The van der Waals surface area contributed by atoms with Crippen molar-refractivity contribution in [3.8, 4) is 44.5 Å². The van der Waals surface area contributed by atoms with Crippen LogP contribution in [0, 0.1) is 0 Å². The van der Waals surface area contributed by atoms with Gasteiger partial charge in [-0.1, -0.05) is 169 Å². The lowest BCUT2D eigenvalue weighted by Crippen LogP contribution is -2.17. The van der Waals surface area contributed by atoms with Gasteiger partial charge in [0.05, 0.1) is 11.4 Å². The summed E-state index contributed by atoms with van der Waals surface area (Å²) in [4.78, 5) is 2.51. The molecule has 276 valence electrons. The molecule has 11 rings (SSSR count). The largest absolute Gasteiger partial charge is 0.456 e. The first-order valence-electron chi connectivity index (χ1n) is 19.7. The number of rotatable bonds is 5. The Hall–Kier alpha value is -6.64. The first-order chi connectivity index (χ1) is 27.3. The van der Waals surface area contributed by atoms with E-state index in [4.69, 9.17) is 4.42 Å². The predicted molar refractivity (Wildman–Crippen MR) is 241 cm³/mol. The van der Waals surface area contributed by atoms with Gasteiger partial charge in [0.1, 0.15) is 11.2 Å². The van der Waals surface area contributed by atoms with E-state index in [0.717, 1.165) is 44.4 Å². The van der Waals surface area contributed by atoms with Crippen LogP contribution in [0.1, 0.15) is 57.4 Å². The zero-order valence-electron chi connectivity index (χ0n) is 32.1. The van der Waals surface area contributed by atoms with Crippen LogP contribution in [0.2, 0.25) is 0 Å². The number of para-hydroxylation sites is 2. The van der Waals surface area contributed by atoms with Gasteiger partial charge in [0.15, 0.2) is 0 Å². The van der Waals surface area contributed by atoms with Gasteiger partial charge in [0, 0.05) is 38.4 Å². The van der Waals surface area contributed by atoms with Crippen molar-refractivity contribution < 1.29 is 4.42 Å². The van der Waals surface area contributed by atoms with E-state index in [1.165, 1.54) is 61.3 Å².